The van der Waals surface area contributed by atoms with Gasteiger partial charge in [-0.15, -0.1) is 0 Å². The van der Waals surface area contributed by atoms with E-state index in [9.17, 15) is 13.9 Å². The van der Waals surface area contributed by atoms with E-state index < -0.39 is 12.3 Å². The number of anilines is 1. The van der Waals surface area contributed by atoms with Crippen LogP contribution in [0.3, 0.4) is 0 Å². The van der Waals surface area contributed by atoms with Gasteiger partial charge in [-0.25, -0.2) is 9.48 Å². The number of hydrogen-bond acceptors (Lipinski definition) is 4. The van der Waals surface area contributed by atoms with Gasteiger partial charge in [-0.05, 0) is 74.7 Å². The molecule has 1 N–H and O–H groups in total. The Morgan fingerprint density at radius 1 is 1.03 bits per heavy atom. The molecule has 1 atom stereocenters. The maximum Gasteiger partial charge on any atom is 0.387 e. The van der Waals surface area contributed by atoms with Crippen LogP contribution < -0.4 is 14.4 Å². The summed E-state index contributed by atoms with van der Waals surface area (Å²) in [5.41, 5.74) is 0.424. The van der Waals surface area contributed by atoms with Crippen LogP contribution >= 0.6 is 0 Å². The molecule has 2 aromatic rings. The summed E-state index contributed by atoms with van der Waals surface area (Å²) in [6.07, 6.45) is 4.04. The van der Waals surface area contributed by atoms with E-state index in [1.54, 1.807) is 12.1 Å². The first kappa shape index (κ1) is 20.6. The van der Waals surface area contributed by atoms with E-state index in [1.807, 2.05) is 31.2 Å². The average Bonchev–Trinajstić information content (AvgIpc) is 2.88. The fraction of sp³-hybridized carbons (Fsp3) is 0.435. The van der Waals surface area contributed by atoms with Crippen molar-refractivity contribution in [1.29, 1.82) is 0 Å². The van der Waals surface area contributed by atoms with Crippen molar-refractivity contribution in [2.75, 3.05) is 24.6 Å². The predicted molar refractivity (Wildman–Crippen MR) is 111 cm³/mol. The summed E-state index contributed by atoms with van der Waals surface area (Å²) in [5, 5.41) is 11.8. The number of nitrogens with zero attached hydrogens (tertiary/aromatic N) is 2. The lowest BCUT2D eigenvalue weighted by atomic mass is 10.0. The fourth-order valence-corrected chi connectivity index (χ4v) is 4.35. The van der Waals surface area contributed by atoms with Crippen LogP contribution in [0.1, 0.15) is 38.2 Å². The molecule has 2 heterocycles. The quantitative estimate of drug-likeness (QED) is 0.711. The molecule has 160 valence electrons. The lowest BCUT2D eigenvalue weighted by Crippen LogP contribution is -2.41. The summed E-state index contributed by atoms with van der Waals surface area (Å²) < 4.78 is 37.0. The Balaban J connectivity index is 1.67. The number of aliphatic hydroxyl groups is 1. The number of alkyl halides is 2. The third kappa shape index (κ3) is 3.99. The van der Waals surface area contributed by atoms with Gasteiger partial charge in [0.2, 0.25) is 0 Å². The molecule has 7 heteroatoms. The predicted octanol–water partition coefficient (Wildman–Crippen LogP) is 4.34. The molecule has 5 nitrogen and oxygen atoms in total. The van der Waals surface area contributed by atoms with E-state index in [4.69, 9.17) is 4.74 Å². The molecule has 0 bridgehead atoms. The first-order chi connectivity index (χ1) is 14.5. The van der Waals surface area contributed by atoms with Crippen LogP contribution in [-0.4, -0.2) is 41.8 Å². The van der Waals surface area contributed by atoms with Gasteiger partial charge >= 0.3 is 6.61 Å². The second-order valence-corrected chi connectivity index (χ2v) is 7.61. The molecule has 4 rings (SSSR count). The minimum absolute atomic E-state index is 0.0822. The molecule has 0 spiro atoms. The van der Waals surface area contributed by atoms with E-state index >= 15 is 0 Å². The zero-order chi connectivity index (χ0) is 21.1. The minimum atomic E-state index is -2.87. The van der Waals surface area contributed by atoms with Gasteiger partial charge in [-0.3, -0.25) is 0 Å². The lowest BCUT2D eigenvalue weighted by Gasteiger charge is -2.23. The highest BCUT2D eigenvalue weighted by molar-refractivity contribution is 5.96. The Hall–Kier alpha value is -2.67. The van der Waals surface area contributed by atoms with Crippen LogP contribution in [0.15, 0.2) is 48.5 Å². The Morgan fingerprint density at radius 3 is 2.40 bits per heavy atom. The summed E-state index contributed by atoms with van der Waals surface area (Å²) in [6.45, 7) is 0.802. The van der Waals surface area contributed by atoms with Gasteiger partial charge in [-0.2, -0.15) is 8.78 Å². The molecule has 2 aliphatic rings. The molecule has 0 amide bonds. The summed E-state index contributed by atoms with van der Waals surface area (Å²) in [6, 6.07) is 14.2. The SMILES string of the molecule is CCOc1ccc(N2CC(O)(c3ccc(OC(F)F)cc3)[N+]3=C2CCCCC3)cc1. The number of β-amino-alcohol motifs (C(OH)–C–C–N with tert-alkyl or cyclic N) is 1. The second kappa shape index (κ2) is 8.60. The van der Waals surface area contributed by atoms with Crippen LogP contribution in [0.25, 0.3) is 0 Å². The van der Waals surface area contributed by atoms with Gasteiger partial charge in [0.1, 0.15) is 17.2 Å². The fourth-order valence-electron chi connectivity index (χ4n) is 4.35. The standard InChI is InChI=1S/C23H27F2N2O3/c1-2-29-19-13-9-18(10-14-19)26-16-23(28,27-15-5-3-4-6-21(26)27)17-7-11-20(12-8-17)30-22(24)25/h7-14,22,28H,2-6,15-16H2,1H3/q+1. The van der Waals surface area contributed by atoms with Crippen molar-refractivity contribution in [3.05, 3.63) is 54.1 Å². The first-order valence-electron chi connectivity index (χ1n) is 10.4. The van der Waals surface area contributed by atoms with Crippen molar-refractivity contribution < 1.29 is 27.9 Å². The van der Waals surface area contributed by atoms with E-state index in [0.29, 0.717) is 18.7 Å². The third-order valence-corrected chi connectivity index (χ3v) is 5.73. The van der Waals surface area contributed by atoms with Crippen LogP contribution in [0.4, 0.5) is 14.5 Å². The normalized spacial score (nSPS) is 21.6. The van der Waals surface area contributed by atoms with Crippen LogP contribution in [-0.2, 0) is 5.72 Å². The molecule has 1 unspecified atom stereocenters. The number of amidine groups is 1. The molecule has 2 aliphatic heterocycles. The Labute approximate surface area is 175 Å². The first-order valence-corrected chi connectivity index (χ1v) is 10.4. The molecule has 0 saturated heterocycles. The molecule has 0 aliphatic carbocycles. The third-order valence-electron chi connectivity index (χ3n) is 5.73. The molecule has 30 heavy (non-hydrogen) atoms. The Bertz CT molecular complexity index is 900. The number of benzene rings is 2. The topological polar surface area (TPSA) is 44.9 Å². The molecule has 0 aromatic heterocycles. The summed E-state index contributed by atoms with van der Waals surface area (Å²) >= 11 is 0. The van der Waals surface area contributed by atoms with Crippen LogP contribution in [0.5, 0.6) is 11.5 Å². The molecule has 0 saturated carbocycles. The number of halogens is 2. The maximum atomic E-state index is 12.5. The lowest BCUT2D eigenvalue weighted by molar-refractivity contribution is -0.658. The smallest absolute Gasteiger partial charge is 0.387 e. The van der Waals surface area contributed by atoms with Crippen molar-refractivity contribution in [1.82, 2.24) is 0 Å². The van der Waals surface area contributed by atoms with Crippen molar-refractivity contribution in [2.24, 2.45) is 0 Å². The van der Waals surface area contributed by atoms with E-state index in [2.05, 4.69) is 14.2 Å². The van der Waals surface area contributed by atoms with Crippen molar-refractivity contribution in [3.8, 4) is 11.5 Å². The van der Waals surface area contributed by atoms with E-state index in [-0.39, 0.29) is 5.75 Å². The van der Waals surface area contributed by atoms with Gasteiger partial charge < -0.3 is 14.6 Å². The molecule has 0 fully saturated rings. The van der Waals surface area contributed by atoms with Gasteiger partial charge in [0.05, 0.1) is 13.2 Å². The summed E-state index contributed by atoms with van der Waals surface area (Å²) in [5.74, 6) is 1.99. The van der Waals surface area contributed by atoms with Crippen LogP contribution in [0.2, 0.25) is 0 Å². The molecule has 0 radical (unpaired) electrons. The highest BCUT2D eigenvalue weighted by atomic mass is 19.3. The van der Waals surface area contributed by atoms with E-state index in [0.717, 1.165) is 49.5 Å². The minimum Gasteiger partial charge on any atom is -0.494 e. The maximum absolute atomic E-state index is 12.5. The zero-order valence-electron chi connectivity index (χ0n) is 17.1. The molecular weight excluding hydrogens is 390 g/mol. The van der Waals surface area contributed by atoms with Gasteiger partial charge in [0.15, 0.2) is 6.54 Å². The highest BCUT2D eigenvalue weighted by Crippen LogP contribution is 2.36. The average molecular weight is 417 g/mol. The zero-order valence-corrected chi connectivity index (χ0v) is 17.1. The Kier molecular flexibility index (Phi) is 5.90. The number of hydrogen-bond donors (Lipinski definition) is 1. The van der Waals surface area contributed by atoms with Gasteiger partial charge in [0, 0.05) is 12.0 Å². The number of ether oxygens (including phenoxy) is 2. The number of rotatable bonds is 6. The second-order valence-electron chi connectivity index (χ2n) is 7.61. The van der Waals surface area contributed by atoms with E-state index in [1.165, 1.54) is 12.1 Å². The van der Waals surface area contributed by atoms with Crippen molar-refractivity contribution >= 4 is 11.5 Å². The summed E-state index contributed by atoms with van der Waals surface area (Å²) in [4.78, 5) is 2.16. The monoisotopic (exact) mass is 417 g/mol. The highest BCUT2D eigenvalue weighted by Gasteiger charge is 2.51. The summed E-state index contributed by atoms with van der Waals surface area (Å²) in [7, 11) is 0. The van der Waals surface area contributed by atoms with Gasteiger partial charge in [0.25, 0.3) is 11.6 Å². The molecule has 2 aromatic carbocycles. The van der Waals surface area contributed by atoms with Crippen molar-refractivity contribution in [2.45, 2.75) is 44.9 Å². The molecular formula is C23H27F2N2O3+. The van der Waals surface area contributed by atoms with Crippen LogP contribution in [0, 0.1) is 0 Å². The van der Waals surface area contributed by atoms with Crippen molar-refractivity contribution in [3.63, 3.8) is 0 Å². The largest absolute Gasteiger partial charge is 0.494 e. The van der Waals surface area contributed by atoms with Gasteiger partial charge in [-0.1, -0.05) is 0 Å². The Morgan fingerprint density at radius 2 is 1.73 bits per heavy atom.